The third-order valence-corrected chi connectivity index (χ3v) is 4.24. The molecule has 1 unspecified atom stereocenters. The first-order chi connectivity index (χ1) is 9.97. The van der Waals surface area contributed by atoms with Crippen LogP contribution >= 0.6 is 0 Å². The summed E-state index contributed by atoms with van der Waals surface area (Å²) in [5.41, 5.74) is 8.54. The molecule has 0 spiro atoms. The Morgan fingerprint density at radius 3 is 2.81 bits per heavy atom. The number of pyridine rings is 1. The number of hydrogen-bond donors (Lipinski definition) is 2. The third-order valence-electron chi connectivity index (χ3n) is 4.24. The van der Waals surface area contributed by atoms with Crippen LogP contribution in [-0.4, -0.2) is 53.7 Å². The summed E-state index contributed by atoms with van der Waals surface area (Å²) in [4.78, 5) is 9.28. The average Bonchev–Trinajstić information content (AvgIpc) is 2.46. The second-order valence-corrected chi connectivity index (χ2v) is 5.75. The molecule has 0 bridgehead atoms. The third kappa shape index (κ3) is 3.10. The van der Waals surface area contributed by atoms with E-state index in [0.29, 0.717) is 6.04 Å². The molecule has 2 heterocycles. The van der Waals surface area contributed by atoms with Crippen molar-refractivity contribution >= 4 is 11.7 Å². The van der Waals surface area contributed by atoms with Crippen molar-refractivity contribution in [1.29, 1.82) is 0 Å². The van der Waals surface area contributed by atoms with E-state index in [9.17, 15) is 0 Å². The molecule has 1 saturated heterocycles. The van der Waals surface area contributed by atoms with Gasteiger partial charge in [0.25, 0.3) is 0 Å². The van der Waals surface area contributed by atoms with Crippen LogP contribution in [0.5, 0.6) is 0 Å². The highest BCUT2D eigenvalue weighted by Crippen LogP contribution is 2.25. The lowest BCUT2D eigenvalue weighted by atomic mass is 10.1. The summed E-state index contributed by atoms with van der Waals surface area (Å²) in [6.45, 7) is 8.94. The Labute approximate surface area is 126 Å². The SMILES string of the molecule is CCC1CN(c2nc(C)cc(C)c2C(N)=NO)CCN1C. The first-order valence-corrected chi connectivity index (χ1v) is 7.39. The van der Waals surface area contributed by atoms with Crippen LogP contribution in [0, 0.1) is 13.8 Å². The van der Waals surface area contributed by atoms with Gasteiger partial charge in [0, 0.05) is 31.4 Å². The maximum absolute atomic E-state index is 9.05. The van der Waals surface area contributed by atoms with Gasteiger partial charge in [-0.1, -0.05) is 12.1 Å². The van der Waals surface area contributed by atoms with Gasteiger partial charge in [-0.05, 0) is 38.9 Å². The summed E-state index contributed by atoms with van der Waals surface area (Å²) in [6.07, 6.45) is 1.09. The Morgan fingerprint density at radius 1 is 1.48 bits per heavy atom. The van der Waals surface area contributed by atoms with E-state index in [2.05, 4.69) is 33.9 Å². The number of aromatic nitrogens is 1. The van der Waals surface area contributed by atoms with Crippen molar-refractivity contribution in [3.05, 3.63) is 22.9 Å². The van der Waals surface area contributed by atoms with Gasteiger partial charge in [-0.25, -0.2) is 4.98 Å². The van der Waals surface area contributed by atoms with Crippen LogP contribution in [0.15, 0.2) is 11.2 Å². The highest BCUT2D eigenvalue weighted by molar-refractivity contribution is 6.02. The number of likely N-dealkylation sites (N-methyl/N-ethyl adjacent to an activating group) is 1. The normalized spacial score (nSPS) is 20.9. The van der Waals surface area contributed by atoms with E-state index in [1.165, 1.54) is 0 Å². The van der Waals surface area contributed by atoms with Gasteiger partial charge in [-0.2, -0.15) is 0 Å². The lowest BCUT2D eigenvalue weighted by Crippen LogP contribution is -2.52. The predicted octanol–water partition coefficient (Wildman–Crippen LogP) is 1.32. The number of hydrogen-bond acceptors (Lipinski definition) is 5. The van der Waals surface area contributed by atoms with E-state index in [1.54, 1.807) is 0 Å². The lowest BCUT2D eigenvalue weighted by molar-refractivity contribution is 0.213. The van der Waals surface area contributed by atoms with Crippen LogP contribution in [0.1, 0.15) is 30.2 Å². The van der Waals surface area contributed by atoms with Crippen molar-refractivity contribution < 1.29 is 5.21 Å². The zero-order chi connectivity index (χ0) is 15.6. The maximum atomic E-state index is 9.05. The first kappa shape index (κ1) is 15.6. The Balaban J connectivity index is 2.43. The molecule has 0 radical (unpaired) electrons. The molecule has 2 rings (SSSR count). The summed E-state index contributed by atoms with van der Waals surface area (Å²) in [5, 5.41) is 12.2. The molecule has 6 heteroatoms. The highest BCUT2D eigenvalue weighted by atomic mass is 16.4. The van der Waals surface area contributed by atoms with Crippen molar-refractivity contribution in [1.82, 2.24) is 9.88 Å². The quantitative estimate of drug-likeness (QED) is 0.380. The number of rotatable bonds is 3. The summed E-state index contributed by atoms with van der Waals surface area (Å²) >= 11 is 0. The Bertz CT molecular complexity index is 543. The van der Waals surface area contributed by atoms with Gasteiger partial charge in [0.15, 0.2) is 5.84 Å². The molecule has 0 aromatic carbocycles. The predicted molar refractivity (Wildman–Crippen MR) is 85.1 cm³/mol. The van der Waals surface area contributed by atoms with Gasteiger partial charge in [0.2, 0.25) is 0 Å². The molecule has 1 fully saturated rings. The molecular formula is C15H25N5O. The minimum Gasteiger partial charge on any atom is -0.409 e. The molecule has 1 aromatic heterocycles. The molecule has 1 aliphatic rings. The van der Waals surface area contributed by atoms with Crippen LogP contribution in [0.2, 0.25) is 0 Å². The highest BCUT2D eigenvalue weighted by Gasteiger charge is 2.27. The number of piperazine rings is 1. The second-order valence-electron chi connectivity index (χ2n) is 5.75. The minimum absolute atomic E-state index is 0.127. The largest absolute Gasteiger partial charge is 0.409 e. The summed E-state index contributed by atoms with van der Waals surface area (Å²) in [5.74, 6) is 0.955. The summed E-state index contributed by atoms with van der Waals surface area (Å²) < 4.78 is 0. The van der Waals surface area contributed by atoms with Gasteiger partial charge in [-0.15, -0.1) is 0 Å². The molecule has 0 aliphatic carbocycles. The van der Waals surface area contributed by atoms with Crippen LogP contribution in [0.3, 0.4) is 0 Å². The summed E-state index contributed by atoms with van der Waals surface area (Å²) in [7, 11) is 2.16. The van der Waals surface area contributed by atoms with Crippen LogP contribution < -0.4 is 10.6 Å². The second kappa shape index (κ2) is 6.30. The average molecular weight is 291 g/mol. The van der Waals surface area contributed by atoms with Crippen LogP contribution in [0.4, 0.5) is 5.82 Å². The zero-order valence-corrected chi connectivity index (χ0v) is 13.3. The van der Waals surface area contributed by atoms with Crippen LogP contribution in [-0.2, 0) is 0 Å². The topological polar surface area (TPSA) is 78.0 Å². The molecule has 0 saturated carbocycles. The van der Waals surface area contributed by atoms with E-state index < -0.39 is 0 Å². The van der Waals surface area contributed by atoms with Gasteiger partial charge < -0.3 is 15.8 Å². The Morgan fingerprint density at radius 2 is 2.19 bits per heavy atom. The monoisotopic (exact) mass is 291 g/mol. The van der Waals surface area contributed by atoms with Crippen molar-refractivity contribution in [3.63, 3.8) is 0 Å². The standard InChI is InChI=1S/C15H25N5O/c1-5-12-9-20(7-6-19(12)4)15-13(14(16)18-21)10(2)8-11(3)17-15/h8,12,21H,5-7,9H2,1-4H3,(H2,16,18). The van der Waals surface area contributed by atoms with Gasteiger partial charge in [0.05, 0.1) is 5.56 Å². The molecular weight excluding hydrogens is 266 g/mol. The van der Waals surface area contributed by atoms with Crippen molar-refractivity contribution in [3.8, 4) is 0 Å². The molecule has 21 heavy (non-hydrogen) atoms. The van der Waals surface area contributed by atoms with E-state index in [4.69, 9.17) is 10.9 Å². The number of anilines is 1. The lowest BCUT2D eigenvalue weighted by Gasteiger charge is -2.40. The van der Waals surface area contributed by atoms with Crippen LogP contribution in [0.25, 0.3) is 0 Å². The van der Waals surface area contributed by atoms with Crippen molar-refractivity contribution in [2.75, 3.05) is 31.6 Å². The van der Waals surface area contributed by atoms with E-state index in [1.807, 2.05) is 19.9 Å². The minimum atomic E-state index is 0.127. The number of oxime groups is 1. The number of aryl methyl sites for hydroxylation is 2. The number of amidine groups is 1. The van der Waals surface area contributed by atoms with Crippen molar-refractivity contribution in [2.45, 2.75) is 33.2 Å². The number of nitrogens with zero attached hydrogens (tertiary/aromatic N) is 4. The first-order valence-electron chi connectivity index (χ1n) is 7.39. The number of nitrogens with two attached hydrogens (primary N) is 1. The molecule has 0 amide bonds. The van der Waals surface area contributed by atoms with Gasteiger partial charge in [0.1, 0.15) is 5.82 Å². The van der Waals surface area contributed by atoms with Gasteiger partial charge in [-0.3, -0.25) is 4.90 Å². The maximum Gasteiger partial charge on any atom is 0.174 e. The fraction of sp³-hybridized carbons (Fsp3) is 0.600. The molecule has 6 nitrogen and oxygen atoms in total. The molecule has 1 aliphatic heterocycles. The Hall–Kier alpha value is -1.82. The van der Waals surface area contributed by atoms with Gasteiger partial charge >= 0.3 is 0 Å². The molecule has 116 valence electrons. The molecule has 3 N–H and O–H groups in total. The molecule has 1 aromatic rings. The summed E-state index contributed by atoms with van der Waals surface area (Å²) in [6, 6.07) is 2.46. The fourth-order valence-electron chi connectivity index (χ4n) is 2.99. The fourth-order valence-corrected chi connectivity index (χ4v) is 2.99. The van der Waals surface area contributed by atoms with Crippen molar-refractivity contribution in [2.24, 2.45) is 10.9 Å². The molecule has 1 atom stereocenters. The van der Waals surface area contributed by atoms with E-state index in [-0.39, 0.29) is 5.84 Å². The van der Waals surface area contributed by atoms with E-state index >= 15 is 0 Å². The zero-order valence-electron chi connectivity index (χ0n) is 13.3. The van der Waals surface area contributed by atoms with E-state index in [0.717, 1.165) is 48.7 Å². The Kier molecular flexibility index (Phi) is 4.67. The smallest absolute Gasteiger partial charge is 0.174 e.